The van der Waals surface area contributed by atoms with Crippen LogP contribution in [0.2, 0.25) is 0 Å². The summed E-state index contributed by atoms with van der Waals surface area (Å²) in [6.07, 6.45) is -0.994. The van der Waals surface area contributed by atoms with Gasteiger partial charge in [-0.05, 0) is 0 Å². The molecule has 3 unspecified atom stereocenters. The monoisotopic (exact) mass is 212 g/mol. The molecule has 1 heterocycles. The van der Waals surface area contributed by atoms with Crippen LogP contribution in [-0.4, -0.2) is 25.7 Å². The van der Waals surface area contributed by atoms with E-state index in [1.54, 1.807) is 0 Å². The van der Waals surface area contributed by atoms with Crippen LogP contribution in [0.1, 0.15) is 0 Å². The summed E-state index contributed by atoms with van der Waals surface area (Å²) in [5.41, 5.74) is 0. The molecule has 0 aromatic heterocycles. The van der Waals surface area contributed by atoms with Crippen molar-refractivity contribution in [3.8, 4) is 12.3 Å². The minimum absolute atomic E-state index is 1.03. The van der Waals surface area contributed by atoms with Crippen LogP contribution in [0, 0.1) is 12.3 Å². The molecule has 13 heavy (non-hydrogen) atoms. The molecule has 0 aromatic rings. The molecule has 0 spiro atoms. The van der Waals surface area contributed by atoms with E-state index in [1.807, 2.05) is 5.92 Å². The maximum atomic E-state index is 12.2. The molecule has 0 bridgehead atoms. The third-order valence-electron chi connectivity index (χ3n) is 1.43. The third kappa shape index (κ3) is 2.06. The van der Waals surface area contributed by atoms with Crippen molar-refractivity contribution in [3.63, 3.8) is 0 Å². The van der Waals surface area contributed by atoms with Gasteiger partial charge in [0.25, 0.3) is 6.43 Å². The highest BCUT2D eigenvalue weighted by atomic mass is 31.2. The van der Waals surface area contributed by atoms with Gasteiger partial charge in [-0.3, -0.25) is 13.6 Å². The van der Waals surface area contributed by atoms with Crippen molar-refractivity contribution in [3.05, 3.63) is 0 Å². The highest BCUT2D eigenvalue weighted by Crippen LogP contribution is 2.57. The first-order valence-corrected chi connectivity index (χ1v) is 4.75. The van der Waals surface area contributed by atoms with Gasteiger partial charge in [-0.25, -0.2) is 13.3 Å². The number of phosphoric acid groups is 1. The van der Waals surface area contributed by atoms with Crippen molar-refractivity contribution >= 4 is 7.82 Å². The molecule has 74 valence electrons. The molecule has 3 atom stereocenters. The van der Waals surface area contributed by atoms with Gasteiger partial charge in [-0.2, -0.15) is 0 Å². The van der Waals surface area contributed by atoms with E-state index in [0.29, 0.717) is 0 Å². The van der Waals surface area contributed by atoms with Crippen LogP contribution in [0.3, 0.4) is 0 Å². The van der Waals surface area contributed by atoms with E-state index in [-0.39, 0.29) is 0 Å². The molecule has 0 saturated carbocycles. The zero-order chi connectivity index (χ0) is 10.1. The summed E-state index contributed by atoms with van der Waals surface area (Å²) in [5.74, 6) is 1.91. The molecular weight excluding hydrogens is 205 g/mol. The van der Waals surface area contributed by atoms with E-state index in [2.05, 4.69) is 13.6 Å². The molecule has 0 radical (unpaired) electrons. The Morgan fingerprint density at radius 3 is 2.54 bits per heavy atom. The van der Waals surface area contributed by atoms with Crippen LogP contribution in [0.15, 0.2) is 0 Å². The first-order valence-electron chi connectivity index (χ1n) is 3.29. The number of hydrogen-bond donors (Lipinski definition) is 0. The molecule has 1 rings (SSSR count). The molecule has 4 nitrogen and oxygen atoms in total. The Labute approximate surface area is 73.8 Å². The van der Waals surface area contributed by atoms with Gasteiger partial charge < -0.3 is 0 Å². The largest absolute Gasteiger partial charge is 0.476 e. The summed E-state index contributed by atoms with van der Waals surface area (Å²) in [6.45, 7) is 0. The minimum Gasteiger partial charge on any atom is -0.290 e. The highest BCUT2D eigenvalue weighted by Gasteiger charge is 2.49. The number of phosphoric ester groups is 1. The van der Waals surface area contributed by atoms with Gasteiger partial charge in [-0.15, -0.1) is 6.42 Å². The van der Waals surface area contributed by atoms with Gasteiger partial charge in [0.05, 0.1) is 0 Å². The Morgan fingerprint density at radius 1 is 1.62 bits per heavy atom. The first-order chi connectivity index (χ1) is 6.02. The lowest BCUT2D eigenvalue weighted by Gasteiger charge is -2.08. The van der Waals surface area contributed by atoms with E-state index >= 15 is 0 Å². The molecule has 1 fully saturated rings. The van der Waals surface area contributed by atoms with Crippen molar-refractivity contribution in [2.45, 2.75) is 18.6 Å². The second-order valence-electron chi connectivity index (χ2n) is 2.23. The van der Waals surface area contributed by atoms with Crippen molar-refractivity contribution in [2.75, 3.05) is 7.11 Å². The van der Waals surface area contributed by atoms with E-state index < -0.39 is 26.5 Å². The Hall–Kier alpha value is -0.470. The summed E-state index contributed by atoms with van der Waals surface area (Å²) in [4.78, 5) is 0. The second-order valence-corrected chi connectivity index (χ2v) is 3.91. The number of alkyl halides is 2. The Morgan fingerprint density at radius 2 is 2.23 bits per heavy atom. The van der Waals surface area contributed by atoms with Crippen LogP contribution in [0.4, 0.5) is 8.78 Å². The molecule has 7 heteroatoms. The van der Waals surface area contributed by atoms with Gasteiger partial charge in [0.1, 0.15) is 0 Å². The van der Waals surface area contributed by atoms with Gasteiger partial charge in [0.2, 0.25) is 0 Å². The van der Waals surface area contributed by atoms with E-state index in [9.17, 15) is 13.3 Å². The van der Waals surface area contributed by atoms with Crippen molar-refractivity contribution in [2.24, 2.45) is 0 Å². The van der Waals surface area contributed by atoms with E-state index in [4.69, 9.17) is 6.42 Å². The average Bonchev–Trinajstić information content (AvgIpc) is 2.44. The number of halogens is 2. The second kappa shape index (κ2) is 3.72. The topological polar surface area (TPSA) is 44.8 Å². The Bertz CT molecular complexity index is 274. The lowest BCUT2D eigenvalue weighted by atomic mass is 10.2. The fraction of sp³-hybridized carbons (Fsp3) is 0.667. The molecule has 0 aliphatic carbocycles. The molecule has 1 aliphatic heterocycles. The van der Waals surface area contributed by atoms with Crippen LogP contribution in [0.25, 0.3) is 0 Å². The normalized spacial score (nSPS) is 39.3. The summed E-state index contributed by atoms with van der Waals surface area (Å²) in [6, 6.07) is 0. The first kappa shape index (κ1) is 10.6. The Balaban J connectivity index is 2.80. The van der Waals surface area contributed by atoms with Gasteiger partial charge in [0.15, 0.2) is 12.2 Å². The summed E-state index contributed by atoms with van der Waals surface area (Å²) >= 11 is 0. The smallest absolute Gasteiger partial charge is 0.290 e. The lowest BCUT2D eigenvalue weighted by molar-refractivity contribution is 0.00755. The van der Waals surface area contributed by atoms with Crippen LogP contribution >= 0.6 is 7.82 Å². The zero-order valence-electron chi connectivity index (χ0n) is 6.65. The van der Waals surface area contributed by atoms with Crippen molar-refractivity contribution < 1.29 is 26.9 Å². The molecule has 0 amide bonds. The minimum atomic E-state index is -3.86. The fourth-order valence-electron chi connectivity index (χ4n) is 0.818. The van der Waals surface area contributed by atoms with Crippen LogP contribution in [-0.2, 0) is 18.1 Å². The number of hydrogen-bond acceptors (Lipinski definition) is 4. The van der Waals surface area contributed by atoms with Gasteiger partial charge in [0, 0.05) is 7.11 Å². The number of terminal acetylenes is 1. The lowest BCUT2D eigenvalue weighted by Crippen LogP contribution is -2.28. The summed E-state index contributed by atoms with van der Waals surface area (Å²) in [7, 11) is -2.83. The maximum Gasteiger partial charge on any atom is 0.476 e. The van der Waals surface area contributed by atoms with Crippen molar-refractivity contribution in [1.29, 1.82) is 0 Å². The standard InChI is InChI=1S/C6H7F2O4P/c1-3-4-5(6(7)8)12-13(9,10-2)11-4/h1,4-6H,2H3. The quantitative estimate of drug-likeness (QED) is 0.513. The van der Waals surface area contributed by atoms with Crippen LogP contribution in [0.5, 0.6) is 0 Å². The fourth-order valence-corrected chi connectivity index (χ4v) is 2.00. The average molecular weight is 212 g/mol. The zero-order valence-corrected chi connectivity index (χ0v) is 7.54. The predicted molar refractivity (Wildman–Crippen MR) is 39.2 cm³/mol. The van der Waals surface area contributed by atoms with Crippen LogP contribution < -0.4 is 0 Å². The molecular formula is C6H7F2O4P. The highest BCUT2D eigenvalue weighted by molar-refractivity contribution is 7.48. The number of rotatable bonds is 2. The molecule has 0 aromatic carbocycles. The van der Waals surface area contributed by atoms with Crippen molar-refractivity contribution in [1.82, 2.24) is 0 Å². The predicted octanol–water partition coefficient (Wildman–Crippen LogP) is 1.42. The van der Waals surface area contributed by atoms with Gasteiger partial charge in [-0.1, -0.05) is 5.92 Å². The molecule has 1 aliphatic rings. The summed E-state index contributed by atoms with van der Waals surface area (Å²) < 4.78 is 48.7. The molecule has 1 saturated heterocycles. The van der Waals surface area contributed by atoms with Gasteiger partial charge >= 0.3 is 7.82 Å². The SMILES string of the molecule is C#CC1OP(=O)(OC)OC1C(F)F. The Kier molecular flexibility index (Phi) is 3.04. The maximum absolute atomic E-state index is 12.2. The van der Waals surface area contributed by atoms with E-state index in [1.165, 1.54) is 0 Å². The summed E-state index contributed by atoms with van der Waals surface area (Å²) in [5, 5.41) is 0. The molecule has 0 N–H and O–H groups in total. The third-order valence-corrected chi connectivity index (χ3v) is 2.86. The van der Waals surface area contributed by atoms with E-state index in [0.717, 1.165) is 7.11 Å².